The summed E-state index contributed by atoms with van der Waals surface area (Å²) in [6.45, 7) is 2.02. The number of rotatable bonds is 0. The Hall–Kier alpha value is -0.200. The summed E-state index contributed by atoms with van der Waals surface area (Å²) in [5.41, 5.74) is 15.0. The maximum Gasteiger partial charge on any atom is 0.0113 e. The molecule has 0 saturated carbocycles. The van der Waals surface area contributed by atoms with Crippen molar-refractivity contribution < 1.29 is 0 Å². The molecule has 1 heterocycles. The summed E-state index contributed by atoms with van der Waals surface area (Å²) in [4.78, 5) is 0. The van der Waals surface area contributed by atoms with Crippen molar-refractivity contribution in [3.8, 4) is 0 Å². The first kappa shape index (κ1) is 17.9. The third kappa shape index (κ3) is 12.8. The average molecular weight is 285 g/mol. The predicted molar refractivity (Wildman–Crippen MR) is 85.4 cm³/mol. The van der Waals surface area contributed by atoms with Crippen molar-refractivity contribution in [3.05, 3.63) is 0 Å². The summed E-state index contributed by atoms with van der Waals surface area (Å²) in [7, 11) is 0. The van der Waals surface area contributed by atoms with Crippen molar-refractivity contribution >= 4 is 0 Å². The van der Waals surface area contributed by atoms with Crippen LogP contribution in [0.2, 0.25) is 0 Å². The fourth-order valence-electron chi connectivity index (χ4n) is 2.62. The Labute approximate surface area is 124 Å². The molecule has 5 heteroatoms. The van der Waals surface area contributed by atoms with Crippen molar-refractivity contribution in [2.45, 2.75) is 83.5 Å². The number of hydrogen-bond donors (Lipinski definition) is 5. The maximum absolute atomic E-state index is 3.14. The van der Waals surface area contributed by atoms with Gasteiger partial charge in [0, 0.05) is 13.1 Å². The Morgan fingerprint density at radius 1 is 0.300 bits per heavy atom. The van der Waals surface area contributed by atoms with Crippen molar-refractivity contribution in [2.75, 3.05) is 13.1 Å². The zero-order valence-electron chi connectivity index (χ0n) is 13.1. The van der Waals surface area contributed by atoms with Crippen LogP contribution in [0, 0.1) is 0 Å². The predicted octanol–water partition coefficient (Wildman–Crippen LogP) is 2.68. The normalized spacial score (nSPS) is 24.0. The molecule has 0 spiro atoms. The molecule has 120 valence electrons. The zero-order valence-corrected chi connectivity index (χ0v) is 13.1. The van der Waals surface area contributed by atoms with Crippen LogP contribution in [0.3, 0.4) is 0 Å². The summed E-state index contributed by atoms with van der Waals surface area (Å²) < 4.78 is 0. The van der Waals surface area contributed by atoms with E-state index < -0.39 is 0 Å². The second-order valence-corrected chi connectivity index (χ2v) is 5.82. The molecule has 0 amide bonds. The van der Waals surface area contributed by atoms with E-state index in [1.165, 1.54) is 83.5 Å². The Morgan fingerprint density at radius 2 is 0.600 bits per heavy atom. The fourth-order valence-corrected chi connectivity index (χ4v) is 2.62. The highest BCUT2D eigenvalue weighted by Crippen LogP contribution is 2.12. The van der Waals surface area contributed by atoms with Gasteiger partial charge in [0.2, 0.25) is 0 Å². The van der Waals surface area contributed by atoms with Gasteiger partial charge in [0.1, 0.15) is 0 Å². The van der Waals surface area contributed by atoms with Crippen LogP contribution in [0.5, 0.6) is 0 Å². The van der Waals surface area contributed by atoms with Gasteiger partial charge in [-0.3, -0.25) is 0 Å². The molecule has 5 N–H and O–H groups in total. The van der Waals surface area contributed by atoms with Gasteiger partial charge in [0.05, 0.1) is 0 Å². The minimum absolute atomic E-state index is 1.01. The standard InChI is InChI=1S/C15H35N5/c1-2-4-6-8-10-12-14-16-18-20-19-17-15-13-11-9-7-5-3-1/h16-20H,1-15H2. The van der Waals surface area contributed by atoms with Crippen molar-refractivity contribution in [2.24, 2.45) is 0 Å². The van der Waals surface area contributed by atoms with Crippen LogP contribution in [-0.4, -0.2) is 13.1 Å². The van der Waals surface area contributed by atoms with E-state index in [1.54, 1.807) is 0 Å². The van der Waals surface area contributed by atoms with Crippen LogP contribution in [0.15, 0.2) is 0 Å². The van der Waals surface area contributed by atoms with Gasteiger partial charge in [-0.15, -0.1) is 0 Å². The van der Waals surface area contributed by atoms with Crippen molar-refractivity contribution in [1.29, 1.82) is 0 Å². The Kier molecular flexibility index (Phi) is 13.6. The second-order valence-electron chi connectivity index (χ2n) is 5.82. The third-order valence-electron chi connectivity index (χ3n) is 3.91. The molecule has 0 bridgehead atoms. The van der Waals surface area contributed by atoms with E-state index in [2.05, 4.69) is 27.5 Å². The van der Waals surface area contributed by atoms with Gasteiger partial charge in [-0.1, -0.05) is 70.6 Å². The van der Waals surface area contributed by atoms with E-state index in [0.29, 0.717) is 0 Å². The lowest BCUT2D eigenvalue weighted by molar-refractivity contribution is 0.320. The highest BCUT2D eigenvalue weighted by atomic mass is 15.8. The minimum Gasteiger partial charge on any atom is -0.243 e. The van der Waals surface area contributed by atoms with Crippen LogP contribution < -0.4 is 27.5 Å². The van der Waals surface area contributed by atoms with E-state index >= 15 is 0 Å². The quantitative estimate of drug-likeness (QED) is 0.474. The van der Waals surface area contributed by atoms with E-state index in [9.17, 15) is 0 Å². The molecule has 0 radical (unpaired) electrons. The molecule has 0 aromatic heterocycles. The molecule has 1 rings (SSSR count). The first-order valence-corrected chi connectivity index (χ1v) is 8.71. The third-order valence-corrected chi connectivity index (χ3v) is 3.91. The van der Waals surface area contributed by atoms with Gasteiger partial charge in [-0.05, 0) is 12.8 Å². The van der Waals surface area contributed by atoms with Crippen LogP contribution in [0.4, 0.5) is 0 Å². The van der Waals surface area contributed by atoms with Gasteiger partial charge < -0.3 is 0 Å². The van der Waals surface area contributed by atoms with E-state index in [4.69, 9.17) is 0 Å². The summed E-state index contributed by atoms with van der Waals surface area (Å²) in [5.74, 6) is 0. The lowest BCUT2D eigenvalue weighted by Crippen LogP contribution is -2.55. The Morgan fingerprint density at radius 3 is 0.950 bits per heavy atom. The van der Waals surface area contributed by atoms with Gasteiger partial charge in [-0.2, -0.15) is 16.6 Å². The summed E-state index contributed by atoms with van der Waals surface area (Å²) in [6, 6.07) is 0. The molecule has 20 heavy (non-hydrogen) atoms. The highest BCUT2D eigenvalue weighted by molar-refractivity contribution is 4.50. The fraction of sp³-hybridized carbons (Fsp3) is 1.00. The van der Waals surface area contributed by atoms with Crippen LogP contribution >= 0.6 is 0 Å². The van der Waals surface area contributed by atoms with Crippen molar-refractivity contribution in [3.63, 3.8) is 0 Å². The molecular formula is C15H35N5. The van der Waals surface area contributed by atoms with Gasteiger partial charge >= 0.3 is 0 Å². The molecule has 1 saturated heterocycles. The maximum atomic E-state index is 3.14. The number of hydrazine groups is 4. The summed E-state index contributed by atoms with van der Waals surface area (Å²) in [5, 5.41) is 0. The summed E-state index contributed by atoms with van der Waals surface area (Å²) in [6.07, 6.45) is 17.9. The molecule has 0 aromatic rings. The van der Waals surface area contributed by atoms with E-state index in [-0.39, 0.29) is 0 Å². The highest BCUT2D eigenvalue weighted by Gasteiger charge is 1.95. The van der Waals surface area contributed by atoms with Gasteiger partial charge in [0.15, 0.2) is 0 Å². The topological polar surface area (TPSA) is 60.1 Å². The Bertz CT molecular complexity index is 103. The molecular weight excluding hydrogens is 250 g/mol. The lowest BCUT2D eigenvalue weighted by Gasteiger charge is -2.11. The molecule has 0 aliphatic carbocycles. The molecule has 0 unspecified atom stereocenters. The SMILES string of the molecule is C1CCCCCCCNNNNNCCCCCCC1. The lowest BCUT2D eigenvalue weighted by atomic mass is 10.0. The molecule has 0 aromatic carbocycles. The molecule has 1 aliphatic heterocycles. The molecule has 1 fully saturated rings. The minimum atomic E-state index is 1.01. The average Bonchev–Trinajstić information content (AvgIpc) is 2.46. The van der Waals surface area contributed by atoms with Gasteiger partial charge in [0.25, 0.3) is 0 Å². The second kappa shape index (κ2) is 15.2. The van der Waals surface area contributed by atoms with Crippen LogP contribution in [0.25, 0.3) is 0 Å². The Balaban J connectivity index is 2.00. The number of nitrogens with one attached hydrogen (secondary N) is 5. The number of hydrogen-bond acceptors (Lipinski definition) is 5. The first-order valence-electron chi connectivity index (χ1n) is 8.71. The molecule has 1 aliphatic rings. The zero-order chi connectivity index (χ0) is 14.1. The van der Waals surface area contributed by atoms with Crippen LogP contribution in [-0.2, 0) is 0 Å². The van der Waals surface area contributed by atoms with E-state index in [0.717, 1.165) is 13.1 Å². The van der Waals surface area contributed by atoms with E-state index in [1.807, 2.05) is 0 Å². The largest absolute Gasteiger partial charge is 0.243 e. The molecule has 5 nitrogen and oxygen atoms in total. The smallest absolute Gasteiger partial charge is 0.0113 e. The monoisotopic (exact) mass is 285 g/mol. The van der Waals surface area contributed by atoms with Crippen LogP contribution in [0.1, 0.15) is 83.5 Å². The van der Waals surface area contributed by atoms with Crippen molar-refractivity contribution in [1.82, 2.24) is 27.5 Å². The summed E-state index contributed by atoms with van der Waals surface area (Å²) >= 11 is 0. The first-order chi connectivity index (χ1) is 10.0. The van der Waals surface area contributed by atoms with Gasteiger partial charge in [-0.25, -0.2) is 10.9 Å². The molecule has 0 atom stereocenters.